The Morgan fingerprint density at radius 3 is 1.38 bits per heavy atom. The number of carboxylic acids is 2. The van der Waals surface area contributed by atoms with Crippen LogP contribution in [0.4, 0.5) is 0 Å². The van der Waals surface area contributed by atoms with Gasteiger partial charge in [0.1, 0.15) is 10.8 Å². The summed E-state index contributed by atoms with van der Waals surface area (Å²) in [6, 6.07) is 0. The first-order chi connectivity index (χ1) is 7.35. The van der Waals surface area contributed by atoms with Crippen LogP contribution >= 0.6 is 0 Å². The van der Waals surface area contributed by atoms with Crippen LogP contribution in [-0.4, -0.2) is 33.7 Å². The fourth-order valence-corrected chi connectivity index (χ4v) is 2.57. The summed E-state index contributed by atoms with van der Waals surface area (Å²) in [6.45, 7) is 0. The molecule has 0 aromatic rings. The second-order valence-electron chi connectivity index (χ2n) is 4.47. The minimum absolute atomic E-state index is 0.0563. The summed E-state index contributed by atoms with van der Waals surface area (Å²) in [6.07, 6.45) is -1.07. The van der Waals surface area contributed by atoms with Gasteiger partial charge in [-0.3, -0.25) is 19.2 Å². The third kappa shape index (κ3) is 1.01. The summed E-state index contributed by atoms with van der Waals surface area (Å²) in [5.41, 5.74) is -3.32. The lowest BCUT2D eigenvalue weighted by molar-refractivity contribution is -0.179. The van der Waals surface area contributed by atoms with Gasteiger partial charge in [-0.05, 0) is 12.8 Å². The number of hydrogen-bond acceptors (Lipinski definition) is 4. The quantitative estimate of drug-likeness (QED) is 0.634. The van der Waals surface area contributed by atoms with Crippen LogP contribution in [0, 0.1) is 10.8 Å². The van der Waals surface area contributed by atoms with E-state index in [2.05, 4.69) is 0 Å². The monoisotopic (exact) mass is 226 g/mol. The molecule has 0 spiro atoms. The maximum absolute atomic E-state index is 11.7. The average Bonchev–Trinajstić information content (AvgIpc) is 2.19. The third-order valence-corrected chi connectivity index (χ3v) is 3.79. The molecule has 0 aliphatic heterocycles. The lowest BCUT2D eigenvalue weighted by Gasteiger charge is -2.45. The summed E-state index contributed by atoms with van der Waals surface area (Å²) in [5, 5.41) is 18.0. The molecule has 3 rings (SSSR count). The number of ketones is 2. The van der Waals surface area contributed by atoms with E-state index >= 15 is 0 Å². The fourth-order valence-electron chi connectivity index (χ4n) is 2.57. The zero-order valence-electron chi connectivity index (χ0n) is 8.36. The molecule has 16 heavy (non-hydrogen) atoms. The van der Waals surface area contributed by atoms with Crippen LogP contribution in [0.2, 0.25) is 0 Å². The first-order valence-corrected chi connectivity index (χ1v) is 4.89. The molecule has 3 aliphatic rings. The molecule has 3 fully saturated rings. The van der Waals surface area contributed by atoms with Gasteiger partial charge in [-0.25, -0.2) is 0 Å². The molecule has 0 amide bonds. The minimum Gasteiger partial charge on any atom is -0.480 e. The van der Waals surface area contributed by atoms with Crippen LogP contribution in [0.15, 0.2) is 0 Å². The Kier molecular flexibility index (Phi) is 1.95. The highest BCUT2D eigenvalue weighted by Gasteiger charge is 2.65. The molecule has 3 saturated carbocycles. The van der Waals surface area contributed by atoms with E-state index in [9.17, 15) is 19.2 Å². The Bertz CT molecular complexity index is 385. The second kappa shape index (κ2) is 2.90. The first kappa shape index (κ1) is 10.8. The van der Waals surface area contributed by atoms with Crippen molar-refractivity contribution < 1.29 is 29.4 Å². The van der Waals surface area contributed by atoms with Gasteiger partial charge in [-0.1, -0.05) is 0 Å². The SMILES string of the molecule is O=C(O)C12CCC(C(=O)O)(CC1=O)C(=O)C2. The number of carboxylic acid groups (broad SMARTS) is 2. The molecule has 2 bridgehead atoms. The van der Waals surface area contributed by atoms with Gasteiger partial charge in [0.15, 0.2) is 11.6 Å². The Morgan fingerprint density at radius 1 is 0.875 bits per heavy atom. The van der Waals surface area contributed by atoms with Crippen molar-refractivity contribution in [2.45, 2.75) is 25.7 Å². The van der Waals surface area contributed by atoms with Gasteiger partial charge >= 0.3 is 11.9 Å². The van der Waals surface area contributed by atoms with Crippen molar-refractivity contribution in [3.63, 3.8) is 0 Å². The van der Waals surface area contributed by atoms with E-state index < -0.39 is 47.2 Å². The van der Waals surface area contributed by atoms with E-state index in [0.29, 0.717) is 0 Å². The van der Waals surface area contributed by atoms with E-state index in [1.54, 1.807) is 0 Å². The zero-order valence-corrected chi connectivity index (χ0v) is 8.36. The molecule has 0 aromatic heterocycles. The molecule has 2 N–H and O–H groups in total. The van der Waals surface area contributed by atoms with Crippen LogP contribution in [-0.2, 0) is 19.2 Å². The molecular formula is C10H10O6. The van der Waals surface area contributed by atoms with Crippen molar-refractivity contribution in [1.29, 1.82) is 0 Å². The van der Waals surface area contributed by atoms with E-state index in [1.165, 1.54) is 0 Å². The Labute approximate surface area is 90.2 Å². The number of Topliss-reactive ketones (excluding diaryl/α,β-unsaturated/α-hetero) is 2. The summed E-state index contributed by atoms with van der Waals surface area (Å²) < 4.78 is 0. The van der Waals surface area contributed by atoms with Crippen LogP contribution < -0.4 is 0 Å². The average molecular weight is 226 g/mol. The molecule has 2 atom stereocenters. The Morgan fingerprint density at radius 2 is 1.19 bits per heavy atom. The maximum Gasteiger partial charge on any atom is 0.317 e. The molecule has 0 radical (unpaired) electrons. The highest BCUT2D eigenvalue weighted by Crippen LogP contribution is 2.53. The van der Waals surface area contributed by atoms with Crippen LogP contribution in [0.3, 0.4) is 0 Å². The highest BCUT2D eigenvalue weighted by molar-refractivity contribution is 6.18. The summed E-state index contributed by atoms with van der Waals surface area (Å²) in [5.74, 6) is -3.89. The molecular weight excluding hydrogens is 216 g/mol. The lowest BCUT2D eigenvalue weighted by Crippen LogP contribution is -2.60. The normalized spacial score (nSPS) is 37.5. The van der Waals surface area contributed by atoms with Crippen molar-refractivity contribution in [2.75, 3.05) is 0 Å². The third-order valence-electron chi connectivity index (χ3n) is 3.79. The van der Waals surface area contributed by atoms with E-state index in [-0.39, 0.29) is 12.8 Å². The smallest absolute Gasteiger partial charge is 0.317 e. The van der Waals surface area contributed by atoms with Crippen molar-refractivity contribution in [1.82, 2.24) is 0 Å². The van der Waals surface area contributed by atoms with Gasteiger partial charge in [0, 0.05) is 12.8 Å². The number of carbonyl (C=O) groups excluding carboxylic acids is 2. The molecule has 0 saturated heterocycles. The molecule has 0 aromatic carbocycles. The standard InChI is InChI=1S/C10H10O6/c11-5-4-10(8(15)16)2-1-9(5,7(13)14)3-6(10)12/h1-4H2,(H,13,14)(H,15,16). The van der Waals surface area contributed by atoms with Crippen LogP contribution in [0.1, 0.15) is 25.7 Å². The first-order valence-electron chi connectivity index (χ1n) is 4.89. The topological polar surface area (TPSA) is 109 Å². The van der Waals surface area contributed by atoms with Crippen molar-refractivity contribution in [2.24, 2.45) is 10.8 Å². The summed E-state index contributed by atoms with van der Waals surface area (Å²) in [7, 11) is 0. The van der Waals surface area contributed by atoms with E-state index in [1.807, 2.05) is 0 Å². The van der Waals surface area contributed by atoms with Gasteiger partial charge in [0.25, 0.3) is 0 Å². The molecule has 3 aliphatic carbocycles. The van der Waals surface area contributed by atoms with Gasteiger partial charge in [-0.15, -0.1) is 0 Å². The van der Waals surface area contributed by atoms with Crippen LogP contribution in [0.25, 0.3) is 0 Å². The zero-order chi connectivity index (χ0) is 12.1. The molecule has 2 unspecified atom stereocenters. The van der Waals surface area contributed by atoms with E-state index in [4.69, 9.17) is 10.2 Å². The van der Waals surface area contributed by atoms with Crippen molar-refractivity contribution in [3.8, 4) is 0 Å². The molecule has 0 heterocycles. The maximum atomic E-state index is 11.7. The predicted octanol–water partition coefficient (Wildman–Crippen LogP) is -0.146. The Hall–Kier alpha value is -1.72. The van der Waals surface area contributed by atoms with Gasteiger partial charge in [-0.2, -0.15) is 0 Å². The lowest BCUT2D eigenvalue weighted by atomic mass is 9.52. The second-order valence-corrected chi connectivity index (χ2v) is 4.47. The van der Waals surface area contributed by atoms with Crippen molar-refractivity contribution >= 4 is 23.5 Å². The number of fused-ring (bicyclic) bond motifs is 3. The minimum atomic E-state index is -1.66. The van der Waals surface area contributed by atoms with E-state index in [0.717, 1.165) is 0 Å². The van der Waals surface area contributed by atoms with Gasteiger partial charge in [0.05, 0.1) is 0 Å². The summed E-state index contributed by atoms with van der Waals surface area (Å²) in [4.78, 5) is 45.4. The summed E-state index contributed by atoms with van der Waals surface area (Å²) >= 11 is 0. The molecule has 86 valence electrons. The molecule has 6 heteroatoms. The number of hydrogen-bond donors (Lipinski definition) is 2. The Balaban J connectivity index is 2.47. The largest absolute Gasteiger partial charge is 0.480 e. The predicted molar refractivity (Wildman–Crippen MR) is 48.6 cm³/mol. The highest BCUT2D eigenvalue weighted by atomic mass is 16.4. The number of carbonyl (C=O) groups is 4. The van der Waals surface area contributed by atoms with Gasteiger partial charge in [0.2, 0.25) is 0 Å². The number of aliphatic carboxylic acids is 2. The molecule has 6 nitrogen and oxygen atoms in total. The van der Waals surface area contributed by atoms with Crippen LogP contribution in [0.5, 0.6) is 0 Å². The van der Waals surface area contributed by atoms with Gasteiger partial charge < -0.3 is 10.2 Å². The number of rotatable bonds is 2. The fraction of sp³-hybridized carbons (Fsp3) is 0.600. The van der Waals surface area contributed by atoms with Crippen molar-refractivity contribution in [3.05, 3.63) is 0 Å².